The first kappa shape index (κ1) is 12.3. The minimum absolute atomic E-state index is 0.235. The molecule has 0 aromatic heterocycles. The molecule has 2 bridgehead atoms. The maximum atomic E-state index is 6.06. The molecule has 2 heterocycles. The summed E-state index contributed by atoms with van der Waals surface area (Å²) in [6.45, 7) is 7.52. The van der Waals surface area contributed by atoms with Crippen LogP contribution in [0.15, 0.2) is 0 Å². The van der Waals surface area contributed by atoms with Crippen molar-refractivity contribution in [2.24, 2.45) is 5.73 Å². The van der Waals surface area contributed by atoms with Crippen LogP contribution in [0, 0.1) is 0 Å². The monoisotopic (exact) mass is 226 g/mol. The van der Waals surface area contributed by atoms with Crippen molar-refractivity contribution in [3.63, 3.8) is 0 Å². The van der Waals surface area contributed by atoms with E-state index >= 15 is 0 Å². The van der Waals surface area contributed by atoms with Crippen molar-refractivity contribution in [2.75, 3.05) is 19.6 Å². The minimum Gasteiger partial charge on any atom is -0.372 e. The molecule has 2 N–H and O–H groups in total. The second kappa shape index (κ2) is 5.03. The SMILES string of the molecule is CCCC(CC)(CN)N1CC2CCC(C1)O2. The van der Waals surface area contributed by atoms with E-state index in [0.717, 1.165) is 26.1 Å². The van der Waals surface area contributed by atoms with Crippen molar-refractivity contribution in [1.29, 1.82) is 0 Å². The van der Waals surface area contributed by atoms with E-state index in [0.29, 0.717) is 12.2 Å². The van der Waals surface area contributed by atoms with Crippen molar-refractivity contribution in [1.82, 2.24) is 4.90 Å². The topological polar surface area (TPSA) is 38.5 Å². The number of hydrogen-bond acceptors (Lipinski definition) is 3. The predicted molar refractivity (Wildman–Crippen MR) is 66.5 cm³/mol. The molecule has 94 valence electrons. The Morgan fingerprint density at radius 1 is 1.25 bits per heavy atom. The molecule has 3 unspecified atom stereocenters. The lowest BCUT2D eigenvalue weighted by atomic mass is 9.87. The van der Waals surface area contributed by atoms with E-state index in [1.807, 2.05) is 0 Å². The molecule has 2 rings (SSSR count). The van der Waals surface area contributed by atoms with E-state index in [1.54, 1.807) is 0 Å². The van der Waals surface area contributed by atoms with Crippen LogP contribution < -0.4 is 5.73 Å². The van der Waals surface area contributed by atoms with Gasteiger partial charge in [-0.05, 0) is 25.7 Å². The number of ether oxygens (including phenoxy) is 1. The molecule has 3 heteroatoms. The van der Waals surface area contributed by atoms with Crippen LogP contribution in [0.1, 0.15) is 46.0 Å². The van der Waals surface area contributed by atoms with Gasteiger partial charge in [0, 0.05) is 25.2 Å². The second-order valence-corrected chi connectivity index (χ2v) is 5.39. The van der Waals surface area contributed by atoms with Gasteiger partial charge < -0.3 is 10.5 Å². The first-order valence-corrected chi connectivity index (χ1v) is 6.84. The second-order valence-electron chi connectivity index (χ2n) is 5.39. The molecule has 16 heavy (non-hydrogen) atoms. The van der Waals surface area contributed by atoms with Gasteiger partial charge in [-0.25, -0.2) is 0 Å². The highest BCUT2D eigenvalue weighted by molar-refractivity contribution is 4.96. The fourth-order valence-electron chi connectivity index (χ4n) is 3.40. The van der Waals surface area contributed by atoms with Gasteiger partial charge in [0.05, 0.1) is 12.2 Å². The van der Waals surface area contributed by atoms with Crippen LogP contribution in [0.2, 0.25) is 0 Å². The third kappa shape index (κ3) is 2.13. The molecule has 0 aromatic rings. The summed E-state index contributed by atoms with van der Waals surface area (Å²) in [4.78, 5) is 2.63. The Labute approximate surface area is 99.3 Å². The van der Waals surface area contributed by atoms with Crippen LogP contribution in [0.5, 0.6) is 0 Å². The van der Waals surface area contributed by atoms with Gasteiger partial charge in [-0.2, -0.15) is 0 Å². The van der Waals surface area contributed by atoms with E-state index in [-0.39, 0.29) is 5.54 Å². The van der Waals surface area contributed by atoms with Gasteiger partial charge in [0.1, 0.15) is 0 Å². The number of morpholine rings is 1. The number of fused-ring (bicyclic) bond motifs is 2. The average Bonchev–Trinajstić information content (AvgIpc) is 2.65. The summed E-state index contributed by atoms with van der Waals surface area (Å²) in [5.74, 6) is 0. The molecule has 2 aliphatic heterocycles. The lowest BCUT2D eigenvalue weighted by Crippen LogP contribution is -2.59. The Morgan fingerprint density at radius 3 is 2.31 bits per heavy atom. The number of nitrogens with two attached hydrogens (primary N) is 1. The first-order valence-electron chi connectivity index (χ1n) is 6.84. The standard InChI is InChI=1S/C13H26N2O/c1-3-7-13(4-2,10-14)15-8-11-5-6-12(9-15)16-11/h11-12H,3-10,14H2,1-2H3. The number of hydrogen-bond donors (Lipinski definition) is 1. The maximum absolute atomic E-state index is 6.06. The van der Waals surface area contributed by atoms with E-state index < -0.39 is 0 Å². The average molecular weight is 226 g/mol. The Morgan fingerprint density at radius 2 is 1.88 bits per heavy atom. The van der Waals surface area contributed by atoms with Crippen LogP contribution in [0.4, 0.5) is 0 Å². The third-order valence-corrected chi connectivity index (χ3v) is 4.47. The number of nitrogens with zero attached hydrogens (tertiary/aromatic N) is 1. The minimum atomic E-state index is 0.235. The predicted octanol–water partition coefficient (Wildman–Crippen LogP) is 1.76. The van der Waals surface area contributed by atoms with E-state index in [4.69, 9.17) is 10.5 Å². The summed E-state index contributed by atoms with van der Waals surface area (Å²) < 4.78 is 5.91. The molecule has 2 saturated heterocycles. The van der Waals surface area contributed by atoms with E-state index in [2.05, 4.69) is 18.7 Å². The van der Waals surface area contributed by atoms with Crippen molar-refractivity contribution >= 4 is 0 Å². The molecule has 0 amide bonds. The highest BCUT2D eigenvalue weighted by atomic mass is 16.5. The molecule has 0 saturated carbocycles. The zero-order valence-electron chi connectivity index (χ0n) is 10.7. The third-order valence-electron chi connectivity index (χ3n) is 4.47. The van der Waals surface area contributed by atoms with Gasteiger partial charge in [-0.3, -0.25) is 4.90 Å². The van der Waals surface area contributed by atoms with Crippen molar-refractivity contribution in [3.8, 4) is 0 Å². The van der Waals surface area contributed by atoms with Crippen LogP contribution in [-0.4, -0.2) is 42.3 Å². The van der Waals surface area contributed by atoms with Crippen molar-refractivity contribution in [3.05, 3.63) is 0 Å². The Balaban J connectivity index is 2.07. The van der Waals surface area contributed by atoms with E-state index in [1.165, 1.54) is 25.7 Å². The fraction of sp³-hybridized carbons (Fsp3) is 1.00. The van der Waals surface area contributed by atoms with Crippen LogP contribution in [0.25, 0.3) is 0 Å². The molecule has 2 fully saturated rings. The molecule has 2 aliphatic rings. The summed E-state index contributed by atoms with van der Waals surface area (Å²) in [7, 11) is 0. The van der Waals surface area contributed by atoms with Crippen molar-refractivity contribution < 1.29 is 4.74 Å². The highest BCUT2D eigenvalue weighted by Gasteiger charge is 2.41. The molecule has 0 aliphatic carbocycles. The molecule has 0 radical (unpaired) electrons. The zero-order valence-corrected chi connectivity index (χ0v) is 10.7. The first-order chi connectivity index (χ1) is 7.74. The zero-order chi connectivity index (χ0) is 11.6. The van der Waals surface area contributed by atoms with Crippen molar-refractivity contribution in [2.45, 2.75) is 63.7 Å². The van der Waals surface area contributed by atoms with Gasteiger partial charge in [0.25, 0.3) is 0 Å². The summed E-state index contributed by atoms with van der Waals surface area (Å²) in [5, 5.41) is 0. The van der Waals surface area contributed by atoms with Gasteiger partial charge >= 0.3 is 0 Å². The molecule has 3 nitrogen and oxygen atoms in total. The largest absolute Gasteiger partial charge is 0.372 e. The number of likely N-dealkylation sites (tertiary alicyclic amines) is 1. The number of rotatable bonds is 5. The Hall–Kier alpha value is -0.120. The van der Waals surface area contributed by atoms with E-state index in [9.17, 15) is 0 Å². The highest BCUT2D eigenvalue weighted by Crippen LogP contribution is 2.33. The van der Waals surface area contributed by atoms with Crippen LogP contribution in [-0.2, 0) is 4.74 Å². The quantitative estimate of drug-likeness (QED) is 0.776. The summed E-state index contributed by atoms with van der Waals surface area (Å²) in [5.41, 5.74) is 6.30. The van der Waals surface area contributed by atoms with Crippen LogP contribution in [0.3, 0.4) is 0 Å². The van der Waals surface area contributed by atoms with Gasteiger partial charge in [-0.15, -0.1) is 0 Å². The molecule has 3 atom stereocenters. The lowest BCUT2D eigenvalue weighted by Gasteiger charge is -2.47. The fourth-order valence-corrected chi connectivity index (χ4v) is 3.40. The normalized spacial score (nSPS) is 33.9. The Kier molecular flexibility index (Phi) is 3.88. The smallest absolute Gasteiger partial charge is 0.0707 e. The molecule has 0 spiro atoms. The molecule has 0 aromatic carbocycles. The lowest BCUT2D eigenvalue weighted by molar-refractivity contribution is -0.0800. The summed E-state index contributed by atoms with van der Waals surface area (Å²) >= 11 is 0. The Bertz CT molecular complexity index is 216. The molecular weight excluding hydrogens is 200 g/mol. The summed E-state index contributed by atoms with van der Waals surface area (Å²) in [6, 6.07) is 0. The van der Waals surface area contributed by atoms with Gasteiger partial charge in [0.2, 0.25) is 0 Å². The summed E-state index contributed by atoms with van der Waals surface area (Å²) in [6.07, 6.45) is 7.06. The molecular formula is C13H26N2O. The van der Waals surface area contributed by atoms with Gasteiger partial charge in [-0.1, -0.05) is 20.3 Å². The maximum Gasteiger partial charge on any atom is 0.0707 e. The van der Waals surface area contributed by atoms with Crippen LogP contribution >= 0.6 is 0 Å². The van der Waals surface area contributed by atoms with Gasteiger partial charge in [0.15, 0.2) is 0 Å².